The maximum atomic E-state index is 11.6. The molecular formula is C14H14Cl2N4O2. The first-order valence-electron chi connectivity index (χ1n) is 6.32. The van der Waals surface area contributed by atoms with Crippen LogP contribution in [0.5, 0.6) is 5.75 Å². The summed E-state index contributed by atoms with van der Waals surface area (Å²) in [6.07, 6.45) is 1.51. The molecule has 0 radical (unpaired) electrons. The van der Waals surface area contributed by atoms with Crippen LogP contribution >= 0.6 is 23.2 Å². The van der Waals surface area contributed by atoms with Crippen LogP contribution in [0.1, 0.15) is 16.8 Å². The van der Waals surface area contributed by atoms with Crippen LogP contribution in [0.4, 0.5) is 5.95 Å². The van der Waals surface area contributed by atoms with E-state index in [1.54, 1.807) is 26.0 Å². The third-order valence-electron chi connectivity index (χ3n) is 3.00. The van der Waals surface area contributed by atoms with Crippen LogP contribution in [-0.2, 0) is 0 Å². The number of H-pyrrole nitrogens is 1. The number of nitrogens with zero attached hydrogens (tertiary/aromatic N) is 2. The summed E-state index contributed by atoms with van der Waals surface area (Å²) in [4.78, 5) is 18.4. The molecule has 0 saturated heterocycles. The molecule has 1 aromatic heterocycles. The molecule has 1 heterocycles. The molecule has 0 spiro atoms. The van der Waals surface area contributed by atoms with E-state index in [-0.39, 0.29) is 11.5 Å². The van der Waals surface area contributed by atoms with Gasteiger partial charge >= 0.3 is 0 Å². The maximum absolute atomic E-state index is 11.6. The number of hydrogen-bond donors (Lipinski definition) is 2. The minimum absolute atomic E-state index is 0.208. The second-order valence-corrected chi connectivity index (χ2v) is 5.33. The van der Waals surface area contributed by atoms with Crippen LogP contribution in [0, 0.1) is 13.8 Å². The smallest absolute Gasteiger partial charge is 0.255 e. The number of benzene rings is 1. The van der Waals surface area contributed by atoms with Crippen molar-refractivity contribution in [1.29, 1.82) is 0 Å². The van der Waals surface area contributed by atoms with Gasteiger partial charge in [0.05, 0.1) is 23.4 Å². The molecule has 0 saturated carbocycles. The van der Waals surface area contributed by atoms with Gasteiger partial charge in [-0.3, -0.25) is 9.78 Å². The monoisotopic (exact) mass is 340 g/mol. The van der Waals surface area contributed by atoms with Gasteiger partial charge in [0, 0.05) is 11.3 Å². The predicted octanol–water partition coefficient (Wildman–Crippen LogP) is 3.15. The zero-order valence-electron chi connectivity index (χ0n) is 12.2. The molecule has 0 atom stereocenters. The van der Waals surface area contributed by atoms with E-state index in [0.717, 1.165) is 0 Å². The van der Waals surface area contributed by atoms with Gasteiger partial charge in [-0.1, -0.05) is 23.2 Å². The third-order valence-corrected chi connectivity index (χ3v) is 3.57. The van der Waals surface area contributed by atoms with Crippen molar-refractivity contribution in [1.82, 2.24) is 9.97 Å². The first-order chi connectivity index (χ1) is 10.4. The quantitative estimate of drug-likeness (QED) is 0.661. The molecule has 8 heteroatoms. The van der Waals surface area contributed by atoms with Gasteiger partial charge in [0.15, 0.2) is 5.75 Å². The Balaban J connectivity index is 2.18. The van der Waals surface area contributed by atoms with Crippen LogP contribution in [0.15, 0.2) is 22.0 Å². The lowest BCUT2D eigenvalue weighted by Crippen LogP contribution is -2.15. The largest absolute Gasteiger partial charge is 0.494 e. The first-order valence-corrected chi connectivity index (χ1v) is 7.07. The molecule has 0 unspecified atom stereocenters. The number of methoxy groups -OCH3 is 1. The molecule has 2 N–H and O–H groups in total. The van der Waals surface area contributed by atoms with Gasteiger partial charge in [0.2, 0.25) is 5.95 Å². The molecule has 6 nitrogen and oxygen atoms in total. The van der Waals surface area contributed by atoms with Gasteiger partial charge in [0.25, 0.3) is 5.56 Å². The van der Waals surface area contributed by atoms with E-state index in [4.69, 9.17) is 27.9 Å². The van der Waals surface area contributed by atoms with Crippen LogP contribution < -0.4 is 15.7 Å². The van der Waals surface area contributed by atoms with E-state index in [1.807, 2.05) is 0 Å². The van der Waals surface area contributed by atoms with Crippen molar-refractivity contribution < 1.29 is 4.74 Å². The predicted molar refractivity (Wildman–Crippen MR) is 88.6 cm³/mol. The van der Waals surface area contributed by atoms with Gasteiger partial charge < -0.3 is 4.74 Å². The first kappa shape index (κ1) is 16.3. The summed E-state index contributed by atoms with van der Waals surface area (Å²) < 4.78 is 5.07. The molecule has 2 aromatic rings. The lowest BCUT2D eigenvalue weighted by molar-refractivity contribution is 0.415. The summed E-state index contributed by atoms with van der Waals surface area (Å²) in [5.41, 5.74) is 4.33. The molecule has 0 amide bonds. The van der Waals surface area contributed by atoms with Crippen LogP contribution in [0.25, 0.3) is 0 Å². The maximum Gasteiger partial charge on any atom is 0.255 e. The van der Waals surface area contributed by atoms with Crippen LogP contribution in [0.3, 0.4) is 0 Å². The zero-order valence-corrected chi connectivity index (χ0v) is 13.7. The summed E-state index contributed by atoms with van der Waals surface area (Å²) in [5, 5.41) is 4.76. The number of aromatic nitrogens is 2. The van der Waals surface area contributed by atoms with Crippen LogP contribution in [0.2, 0.25) is 10.0 Å². The SMILES string of the molecule is COc1c(Cl)cc(/C=N\Nc2nc(C)c(C)c(=O)[nH]2)cc1Cl. The number of ether oxygens (including phenoxy) is 1. The van der Waals surface area contributed by atoms with Gasteiger partial charge in [-0.2, -0.15) is 5.10 Å². The van der Waals surface area contributed by atoms with Gasteiger partial charge in [-0.15, -0.1) is 0 Å². The van der Waals surface area contributed by atoms with Crippen molar-refractivity contribution in [2.24, 2.45) is 5.10 Å². The van der Waals surface area contributed by atoms with Crippen molar-refractivity contribution in [3.05, 3.63) is 49.4 Å². The number of anilines is 1. The molecule has 0 aliphatic rings. The molecule has 0 bridgehead atoms. The Hall–Kier alpha value is -2.05. The molecule has 0 aliphatic carbocycles. The average Bonchev–Trinajstić information content (AvgIpc) is 2.44. The highest BCUT2D eigenvalue weighted by atomic mass is 35.5. The van der Waals surface area contributed by atoms with Crippen LogP contribution in [-0.4, -0.2) is 23.3 Å². The summed E-state index contributed by atoms with van der Waals surface area (Å²) in [6, 6.07) is 3.32. The summed E-state index contributed by atoms with van der Waals surface area (Å²) in [5.74, 6) is 0.670. The molecular weight excluding hydrogens is 327 g/mol. The number of rotatable bonds is 4. The highest BCUT2D eigenvalue weighted by Crippen LogP contribution is 2.33. The Labute approximate surface area is 137 Å². The van der Waals surface area contributed by atoms with E-state index in [2.05, 4.69) is 20.5 Å². The number of aryl methyl sites for hydroxylation is 1. The number of nitrogens with one attached hydrogen (secondary N) is 2. The van der Waals surface area contributed by atoms with E-state index in [0.29, 0.717) is 32.6 Å². The molecule has 116 valence electrons. The molecule has 2 rings (SSSR count). The molecule has 22 heavy (non-hydrogen) atoms. The third kappa shape index (κ3) is 3.58. The Kier molecular flexibility index (Phi) is 5.05. The van der Waals surface area contributed by atoms with Gasteiger partial charge in [0.1, 0.15) is 0 Å². The topological polar surface area (TPSA) is 79.4 Å². The standard InChI is InChI=1S/C14H14Cl2N4O2/c1-7-8(2)18-14(19-13(7)21)20-17-6-9-4-10(15)12(22-3)11(16)5-9/h4-6H,1-3H3,(H2,18,19,20,21)/b17-6-. The number of halogens is 2. The number of aromatic amines is 1. The summed E-state index contributed by atoms with van der Waals surface area (Å²) in [7, 11) is 1.49. The average molecular weight is 341 g/mol. The Morgan fingerprint density at radius 1 is 1.32 bits per heavy atom. The summed E-state index contributed by atoms with van der Waals surface area (Å²) in [6.45, 7) is 3.46. The van der Waals surface area contributed by atoms with Gasteiger partial charge in [-0.25, -0.2) is 10.4 Å². The van der Waals surface area contributed by atoms with Crippen molar-refractivity contribution in [3.63, 3.8) is 0 Å². The number of hydrazone groups is 1. The second kappa shape index (κ2) is 6.81. The Morgan fingerprint density at radius 3 is 2.50 bits per heavy atom. The minimum atomic E-state index is -0.208. The molecule has 0 aliphatic heterocycles. The van der Waals surface area contributed by atoms with E-state index in [9.17, 15) is 4.79 Å². The fourth-order valence-electron chi connectivity index (χ4n) is 1.72. The lowest BCUT2D eigenvalue weighted by Gasteiger charge is -2.06. The highest BCUT2D eigenvalue weighted by molar-refractivity contribution is 6.37. The second-order valence-electron chi connectivity index (χ2n) is 4.51. The van der Waals surface area contributed by atoms with Crippen molar-refractivity contribution >= 4 is 35.4 Å². The van der Waals surface area contributed by atoms with Crippen molar-refractivity contribution in [2.75, 3.05) is 12.5 Å². The molecule has 1 aromatic carbocycles. The van der Waals surface area contributed by atoms with Crippen molar-refractivity contribution in [2.45, 2.75) is 13.8 Å². The fourth-order valence-corrected chi connectivity index (χ4v) is 2.37. The normalized spacial score (nSPS) is 11.0. The Morgan fingerprint density at radius 2 is 1.95 bits per heavy atom. The van der Waals surface area contributed by atoms with E-state index < -0.39 is 0 Å². The highest BCUT2D eigenvalue weighted by Gasteiger charge is 2.07. The summed E-state index contributed by atoms with van der Waals surface area (Å²) >= 11 is 12.1. The fraction of sp³-hybridized carbons (Fsp3) is 0.214. The minimum Gasteiger partial charge on any atom is -0.494 e. The molecule has 0 fully saturated rings. The number of hydrogen-bond acceptors (Lipinski definition) is 5. The van der Waals surface area contributed by atoms with E-state index in [1.165, 1.54) is 13.3 Å². The lowest BCUT2D eigenvalue weighted by atomic mass is 10.2. The van der Waals surface area contributed by atoms with Gasteiger partial charge in [-0.05, 0) is 31.5 Å². The van der Waals surface area contributed by atoms with Crippen molar-refractivity contribution in [3.8, 4) is 5.75 Å². The van der Waals surface area contributed by atoms with E-state index >= 15 is 0 Å². The zero-order chi connectivity index (χ0) is 16.3. The Bertz CT molecular complexity index is 764.